The SMILES string of the molecule is CC1C2CC(C2)N1C. The predicted molar refractivity (Wildman–Crippen MR) is 33.7 cm³/mol. The Balaban J connectivity index is 2.16. The summed E-state index contributed by atoms with van der Waals surface area (Å²) in [5, 5.41) is 0. The van der Waals surface area contributed by atoms with Crippen molar-refractivity contribution in [1.29, 1.82) is 0 Å². The van der Waals surface area contributed by atoms with E-state index in [-0.39, 0.29) is 0 Å². The summed E-state index contributed by atoms with van der Waals surface area (Å²) in [5.74, 6) is 1.06. The first-order chi connectivity index (χ1) is 3.79. The maximum atomic E-state index is 2.52. The van der Waals surface area contributed by atoms with Crippen molar-refractivity contribution in [3.05, 3.63) is 0 Å². The van der Waals surface area contributed by atoms with Crippen LogP contribution >= 0.6 is 0 Å². The van der Waals surface area contributed by atoms with Crippen LogP contribution in [0.3, 0.4) is 0 Å². The van der Waals surface area contributed by atoms with E-state index in [4.69, 9.17) is 0 Å². The zero-order chi connectivity index (χ0) is 5.72. The van der Waals surface area contributed by atoms with Crippen molar-refractivity contribution in [3.8, 4) is 0 Å². The Bertz CT molecular complexity index is 93.0. The Morgan fingerprint density at radius 1 is 1.38 bits per heavy atom. The van der Waals surface area contributed by atoms with Crippen LogP contribution in [0, 0.1) is 5.92 Å². The molecule has 8 heavy (non-hydrogen) atoms. The highest BCUT2D eigenvalue weighted by molar-refractivity contribution is 5.00. The van der Waals surface area contributed by atoms with Crippen molar-refractivity contribution < 1.29 is 0 Å². The molecule has 0 aromatic heterocycles. The third kappa shape index (κ3) is 0.368. The maximum absolute atomic E-state index is 2.52. The van der Waals surface area contributed by atoms with Crippen molar-refractivity contribution in [2.24, 2.45) is 5.92 Å². The van der Waals surface area contributed by atoms with Crippen LogP contribution in [0.5, 0.6) is 0 Å². The van der Waals surface area contributed by atoms with Gasteiger partial charge in [-0.15, -0.1) is 0 Å². The van der Waals surface area contributed by atoms with Gasteiger partial charge in [-0.1, -0.05) is 0 Å². The van der Waals surface area contributed by atoms with Gasteiger partial charge in [0, 0.05) is 12.1 Å². The fourth-order valence-corrected chi connectivity index (χ4v) is 2.02. The van der Waals surface area contributed by atoms with Crippen LogP contribution in [0.4, 0.5) is 0 Å². The molecular formula is C7H13N. The summed E-state index contributed by atoms with van der Waals surface area (Å²) >= 11 is 0. The maximum Gasteiger partial charge on any atom is 0.0102 e. The molecule has 0 amide bonds. The standard InChI is InChI=1S/C7H13N/c1-5-6-3-7(4-6)8(5)2/h5-7H,3-4H2,1-2H3. The first kappa shape index (κ1) is 4.80. The molecule has 1 nitrogen and oxygen atoms in total. The minimum absolute atomic E-state index is 0.889. The molecule has 3 fully saturated rings. The highest BCUT2D eigenvalue weighted by atomic mass is 15.2. The molecule has 0 spiro atoms. The third-order valence-corrected chi connectivity index (χ3v) is 3.05. The number of rotatable bonds is 0. The summed E-state index contributed by atoms with van der Waals surface area (Å²) in [6.45, 7) is 2.34. The molecule has 1 saturated carbocycles. The van der Waals surface area contributed by atoms with Gasteiger partial charge in [-0.05, 0) is 32.7 Å². The fourth-order valence-electron chi connectivity index (χ4n) is 2.02. The van der Waals surface area contributed by atoms with E-state index in [2.05, 4.69) is 18.9 Å². The van der Waals surface area contributed by atoms with E-state index in [1.165, 1.54) is 12.8 Å². The molecule has 1 aliphatic carbocycles. The lowest BCUT2D eigenvalue weighted by atomic mass is 9.83. The van der Waals surface area contributed by atoms with E-state index in [9.17, 15) is 0 Å². The van der Waals surface area contributed by atoms with E-state index < -0.39 is 0 Å². The first-order valence-electron chi connectivity index (χ1n) is 3.51. The Morgan fingerprint density at radius 2 is 2.00 bits per heavy atom. The Labute approximate surface area is 50.7 Å². The third-order valence-electron chi connectivity index (χ3n) is 3.05. The lowest BCUT2D eigenvalue weighted by Crippen LogP contribution is -2.26. The normalized spacial score (nSPS) is 54.0. The van der Waals surface area contributed by atoms with Crippen molar-refractivity contribution in [2.75, 3.05) is 7.05 Å². The summed E-state index contributed by atoms with van der Waals surface area (Å²) in [4.78, 5) is 2.52. The van der Waals surface area contributed by atoms with E-state index in [1.54, 1.807) is 0 Å². The monoisotopic (exact) mass is 111 g/mol. The molecule has 1 unspecified atom stereocenters. The van der Waals surface area contributed by atoms with Gasteiger partial charge < -0.3 is 4.90 Å². The molecule has 2 heterocycles. The summed E-state index contributed by atoms with van der Waals surface area (Å²) in [7, 11) is 2.25. The smallest absolute Gasteiger partial charge is 0.0102 e. The van der Waals surface area contributed by atoms with E-state index in [1.807, 2.05) is 0 Å². The molecule has 0 N–H and O–H groups in total. The minimum atomic E-state index is 0.889. The fraction of sp³-hybridized carbons (Fsp3) is 1.00. The average Bonchev–Trinajstić information content (AvgIpc) is 1.89. The lowest BCUT2D eigenvalue weighted by Gasteiger charge is -2.23. The molecule has 0 aromatic carbocycles. The zero-order valence-electron chi connectivity index (χ0n) is 5.59. The molecule has 2 aliphatic heterocycles. The van der Waals surface area contributed by atoms with Gasteiger partial charge in [0.05, 0.1) is 0 Å². The second-order valence-corrected chi connectivity index (χ2v) is 3.29. The van der Waals surface area contributed by atoms with E-state index >= 15 is 0 Å². The van der Waals surface area contributed by atoms with Gasteiger partial charge in [-0.3, -0.25) is 0 Å². The highest BCUT2D eigenvalue weighted by Gasteiger charge is 2.45. The average molecular weight is 111 g/mol. The van der Waals surface area contributed by atoms with Crippen LogP contribution in [0.1, 0.15) is 19.8 Å². The zero-order valence-corrected chi connectivity index (χ0v) is 5.59. The molecule has 0 aromatic rings. The number of fused-ring (bicyclic) bond motifs is 1. The molecule has 2 bridgehead atoms. The van der Waals surface area contributed by atoms with Crippen molar-refractivity contribution >= 4 is 0 Å². The van der Waals surface area contributed by atoms with Gasteiger partial charge in [0.25, 0.3) is 0 Å². The molecule has 1 atom stereocenters. The van der Waals surface area contributed by atoms with Crippen LogP contribution in [-0.4, -0.2) is 24.0 Å². The van der Waals surface area contributed by atoms with Crippen molar-refractivity contribution in [3.63, 3.8) is 0 Å². The molecule has 3 aliphatic rings. The summed E-state index contributed by atoms with van der Waals surface area (Å²) < 4.78 is 0. The van der Waals surface area contributed by atoms with Gasteiger partial charge in [-0.25, -0.2) is 0 Å². The number of nitrogens with zero attached hydrogens (tertiary/aromatic N) is 1. The van der Waals surface area contributed by atoms with Gasteiger partial charge in [0.1, 0.15) is 0 Å². The van der Waals surface area contributed by atoms with Crippen molar-refractivity contribution in [1.82, 2.24) is 4.90 Å². The molecular weight excluding hydrogens is 98.1 g/mol. The molecule has 0 radical (unpaired) electrons. The largest absolute Gasteiger partial charge is 0.300 e. The molecule has 2 saturated heterocycles. The van der Waals surface area contributed by atoms with Crippen molar-refractivity contribution in [2.45, 2.75) is 31.8 Å². The Hall–Kier alpha value is -0.0400. The van der Waals surface area contributed by atoms with E-state index in [0.29, 0.717) is 0 Å². The molecule has 3 rings (SSSR count). The van der Waals surface area contributed by atoms with Gasteiger partial charge >= 0.3 is 0 Å². The van der Waals surface area contributed by atoms with Crippen LogP contribution in [0.2, 0.25) is 0 Å². The van der Waals surface area contributed by atoms with Gasteiger partial charge in [0.2, 0.25) is 0 Å². The Kier molecular flexibility index (Phi) is 0.762. The topological polar surface area (TPSA) is 3.24 Å². The number of hydrogen-bond donors (Lipinski definition) is 0. The van der Waals surface area contributed by atoms with Gasteiger partial charge in [0.15, 0.2) is 0 Å². The Morgan fingerprint density at radius 3 is 2.12 bits per heavy atom. The van der Waals surface area contributed by atoms with Crippen LogP contribution < -0.4 is 0 Å². The lowest BCUT2D eigenvalue weighted by molar-refractivity contribution is 0.274. The minimum Gasteiger partial charge on any atom is -0.300 e. The van der Waals surface area contributed by atoms with Crippen LogP contribution in [0.25, 0.3) is 0 Å². The van der Waals surface area contributed by atoms with Crippen LogP contribution in [-0.2, 0) is 0 Å². The summed E-state index contributed by atoms with van der Waals surface area (Å²) in [6.07, 6.45) is 2.97. The predicted octanol–water partition coefficient (Wildman–Crippen LogP) is 1.10. The number of hydrogen-bond acceptors (Lipinski definition) is 1. The summed E-state index contributed by atoms with van der Waals surface area (Å²) in [6, 6.07) is 1.86. The van der Waals surface area contributed by atoms with Gasteiger partial charge in [-0.2, -0.15) is 0 Å². The summed E-state index contributed by atoms with van der Waals surface area (Å²) in [5.41, 5.74) is 0. The second kappa shape index (κ2) is 1.27. The molecule has 1 heteroatoms. The van der Waals surface area contributed by atoms with Crippen LogP contribution in [0.15, 0.2) is 0 Å². The highest BCUT2D eigenvalue weighted by Crippen LogP contribution is 2.44. The first-order valence-corrected chi connectivity index (χ1v) is 3.51. The van der Waals surface area contributed by atoms with E-state index in [0.717, 1.165) is 18.0 Å². The second-order valence-electron chi connectivity index (χ2n) is 3.29. The quantitative estimate of drug-likeness (QED) is 0.452. The molecule has 46 valence electrons.